The minimum atomic E-state index is -3.32. The van der Waals surface area contributed by atoms with Gasteiger partial charge in [-0.05, 0) is 29.2 Å². The number of para-hydroxylation sites is 1. The first-order valence-corrected chi connectivity index (χ1v) is 10.4. The quantitative estimate of drug-likeness (QED) is 0.514. The second-order valence-electron chi connectivity index (χ2n) is 5.93. The molecular weight excluding hydrogens is 348 g/mol. The smallest absolute Gasteiger partial charge is 0.229 e. The number of aryl methyl sites for hydroxylation is 1. The Balaban J connectivity index is 1.99. The molecule has 0 radical (unpaired) electrons. The zero-order valence-electron chi connectivity index (χ0n) is 15.4. The van der Waals surface area contributed by atoms with Crippen LogP contribution in [0.4, 0.5) is 5.69 Å². The maximum atomic E-state index is 11.5. The lowest BCUT2D eigenvalue weighted by Gasteiger charge is -2.15. The number of benzene rings is 2. The second-order valence-corrected chi connectivity index (χ2v) is 7.68. The van der Waals surface area contributed by atoms with E-state index < -0.39 is 10.0 Å². The third-order valence-electron chi connectivity index (χ3n) is 3.93. The average Bonchev–Trinajstić information content (AvgIpc) is 2.62. The van der Waals surface area contributed by atoms with Crippen molar-refractivity contribution in [2.75, 3.05) is 18.0 Å². The van der Waals surface area contributed by atoms with Gasteiger partial charge >= 0.3 is 0 Å². The van der Waals surface area contributed by atoms with Crippen LogP contribution in [0.1, 0.15) is 23.6 Å². The van der Waals surface area contributed by atoms with E-state index >= 15 is 0 Å². The second kappa shape index (κ2) is 9.24. The molecule has 0 saturated carbocycles. The molecule has 0 aromatic heterocycles. The van der Waals surface area contributed by atoms with Crippen molar-refractivity contribution in [1.82, 2.24) is 10.6 Å². The summed E-state index contributed by atoms with van der Waals surface area (Å²) < 4.78 is 25.5. The number of rotatable bonds is 7. The van der Waals surface area contributed by atoms with Crippen LogP contribution >= 0.6 is 0 Å². The van der Waals surface area contributed by atoms with Crippen LogP contribution < -0.4 is 15.4 Å². The molecule has 2 aromatic carbocycles. The van der Waals surface area contributed by atoms with Crippen LogP contribution in [0.5, 0.6) is 0 Å². The molecule has 3 N–H and O–H groups in total. The van der Waals surface area contributed by atoms with Crippen LogP contribution in [-0.4, -0.2) is 27.7 Å². The molecule has 0 spiro atoms. The molecule has 6 nitrogen and oxygen atoms in total. The number of hydrogen-bond acceptors (Lipinski definition) is 3. The summed E-state index contributed by atoms with van der Waals surface area (Å²) in [5.41, 5.74) is 3.94. The molecule has 0 aliphatic carbocycles. The number of aliphatic imine (C=N–C) groups is 1. The van der Waals surface area contributed by atoms with Crippen molar-refractivity contribution >= 4 is 21.7 Å². The molecule has 0 fully saturated rings. The van der Waals surface area contributed by atoms with E-state index in [9.17, 15) is 8.42 Å². The van der Waals surface area contributed by atoms with Gasteiger partial charge in [0.2, 0.25) is 10.0 Å². The van der Waals surface area contributed by atoms with E-state index in [0.717, 1.165) is 18.2 Å². The summed E-state index contributed by atoms with van der Waals surface area (Å²) in [4.78, 5) is 4.23. The van der Waals surface area contributed by atoms with Crippen molar-refractivity contribution in [3.63, 3.8) is 0 Å². The van der Waals surface area contributed by atoms with Gasteiger partial charge in [-0.25, -0.2) is 8.42 Å². The Hall–Kier alpha value is -2.54. The zero-order chi connectivity index (χ0) is 19.0. The summed E-state index contributed by atoms with van der Waals surface area (Å²) in [5.74, 6) is 0.657. The van der Waals surface area contributed by atoms with Crippen molar-refractivity contribution in [2.45, 2.75) is 26.4 Å². The Labute approximate surface area is 155 Å². The third kappa shape index (κ3) is 6.07. The lowest BCUT2D eigenvalue weighted by atomic mass is 10.1. The van der Waals surface area contributed by atoms with Crippen LogP contribution in [0, 0.1) is 0 Å². The van der Waals surface area contributed by atoms with E-state index in [0.29, 0.717) is 24.7 Å². The van der Waals surface area contributed by atoms with Gasteiger partial charge in [0.1, 0.15) is 0 Å². The highest BCUT2D eigenvalue weighted by Crippen LogP contribution is 2.16. The van der Waals surface area contributed by atoms with Gasteiger partial charge in [-0.1, -0.05) is 49.4 Å². The van der Waals surface area contributed by atoms with Crippen molar-refractivity contribution in [2.24, 2.45) is 4.99 Å². The zero-order valence-corrected chi connectivity index (χ0v) is 16.2. The molecule has 7 heteroatoms. The van der Waals surface area contributed by atoms with Gasteiger partial charge in [0.05, 0.1) is 11.9 Å². The Bertz CT molecular complexity index is 863. The maximum Gasteiger partial charge on any atom is 0.229 e. The highest BCUT2D eigenvalue weighted by molar-refractivity contribution is 7.92. The lowest BCUT2D eigenvalue weighted by molar-refractivity contribution is 0.606. The first kappa shape index (κ1) is 19.8. The van der Waals surface area contributed by atoms with E-state index in [4.69, 9.17) is 0 Å². The lowest BCUT2D eigenvalue weighted by Crippen LogP contribution is -2.36. The fourth-order valence-electron chi connectivity index (χ4n) is 2.63. The Kier molecular flexibility index (Phi) is 7.03. The van der Waals surface area contributed by atoms with Gasteiger partial charge in [0, 0.05) is 20.1 Å². The van der Waals surface area contributed by atoms with Crippen molar-refractivity contribution < 1.29 is 8.42 Å². The molecule has 0 saturated heterocycles. The number of anilines is 1. The van der Waals surface area contributed by atoms with Crippen molar-refractivity contribution in [3.05, 3.63) is 65.2 Å². The molecule has 0 unspecified atom stereocenters. The molecule has 2 rings (SSSR count). The van der Waals surface area contributed by atoms with Crippen LogP contribution in [0.3, 0.4) is 0 Å². The van der Waals surface area contributed by atoms with Gasteiger partial charge in [-0.15, -0.1) is 0 Å². The molecular formula is C19H26N4O2S. The molecule has 0 amide bonds. The molecule has 0 aliphatic heterocycles. The fourth-order valence-corrected chi connectivity index (χ4v) is 3.23. The third-order valence-corrected chi connectivity index (χ3v) is 4.52. The molecule has 140 valence electrons. The standard InChI is InChI=1S/C19H26N4O2S/c1-4-15-9-5-6-10-16(15)13-21-19(20-2)22-14-17-11-7-8-12-18(17)23-26(3,24)25/h5-12,23H,4,13-14H2,1-3H3,(H2,20,21,22). The topological polar surface area (TPSA) is 82.6 Å². The minimum absolute atomic E-state index is 0.452. The average molecular weight is 375 g/mol. The monoisotopic (exact) mass is 374 g/mol. The summed E-state index contributed by atoms with van der Waals surface area (Å²) in [5, 5.41) is 6.52. The van der Waals surface area contributed by atoms with Crippen LogP contribution in [0.25, 0.3) is 0 Å². The van der Waals surface area contributed by atoms with E-state index in [1.807, 2.05) is 24.3 Å². The first-order valence-electron chi connectivity index (χ1n) is 8.50. The van der Waals surface area contributed by atoms with Gasteiger partial charge in [-0.2, -0.15) is 0 Å². The number of nitrogens with zero attached hydrogens (tertiary/aromatic N) is 1. The molecule has 0 atom stereocenters. The molecule has 0 bridgehead atoms. The van der Waals surface area contributed by atoms with Gasteiger partial charge in [0.25, 0.3) is 0 Å². The number of sulfonamides is 1. The van der Waals surface area contributed by atoms with E-state index in [2.05, 4.69) is 39.4 Å². The molecule has 26 heavy (non-hydrogen) atoms. The van der Waals surface area contributed by atoms with Gasteiger partial charge in [0.15, 0.2) is 5.96 Å². The summed E-state index contributed by atoms with van der Waals surface area (Å²) in [6, 6.07) is 15.6. The largest absolute Gasteiger partial charge is 0.352 e. The van der Waals surface area contributed by atoms with E-state index in [-0.39, 0.29) is 0 Å². The minimum Gasteiger partial charge on any atom is -0.352 e. The van der Waals surface area contributed by atoms with E-state index in [1.54, 1.807) is 19.2 Å². The number of hydrogen-bond donors (Lipinski definition) is 3. The van der Waals surface area contributed by atoms with Crippen molar-refractivity contribution in [1.29, 1.82) is 0 Å². The van der Waals surface area contributed by atoms with Crippen molar-refractivity contribution in [3.8, 4) is 0 Å². The fraction of sp³-hybridized carbons (Fsp3) is 0.316. The summed E-state index contributed by atoms with van der Waals surface area (Å²) in [6.07, 6.45) is 2.12. The highest BCUT2D eigenvalue weighted by atomic mass is 32.2. The number of nitrogens with one attached hydrogen (secondary N) is 3. The molecule has 2 aromatic rings. The number of guanidine groups is 1. The van der Waals surface area contributed by atoms with Crippen LogP contribution in [0.15, 0.2) is 53.5 Å². The van der Waals surface area contributed by atoms with Gasteiger partial charge in [-0.3, -0.25) is 9.71 Å². The summed E-state index contributed by atoms with van der Waals surface area (Å²) in [7, 11) is -1.61. The Morgan fingerprint density at radius 2 is 1.46 bits per heavy atom. The summed E-state index contributed by atoms with van der Waals surface area (Å²) in [6.45, 7) is 3.26. The normalized spacial score (nSPS) is 11.9. The van der Waals surface area contributed by atoms with Gasteiger partial charge < -0.3 is 10.6 Å². The van der Waals surface area contributed by atoms with Crippen LogP contribution in [0.2, 0.25) is 0 Å². The highest BCUT2D eigenvalue weighted by Gasteiger charge is 2.08. The SMILES string of the molecule is CCc1ccccc1CNC(=NC)NCc1ccccc1NS(C)(=O)=O. The predicted octanol–water partition coefficient (Wildman–Crippen LogP) is 2.49. The molecule has 0 heterocycles. The van der Waals surface area contributed by atoms with Crippen LogP contribution in [-0.2, 0) is 29.5 Å². The summed E-state index contributed by atoms with van der Waals surface area (Å²) >= 11 is 0. The molecule has 0 aliphatic rings. The predicted molar refractivity (Wildman–Crippen MR) is 108 cm³/mol. The Morgan fingerprint density at radius 1 is 0.923 bits per heavy atom. The first-order chi connectivity index (χ1) is 12.4. The maximum absolute atomic E-state index is 11.5. The Morgan fingerprint density at radius 3 is 2.04 bits per heavy atom. The van der Waals surface area contributed by atoms with E-state index in [1.165, 1.54) is 11.1 Å².